The van der Waals surface area contributed by atoms with Crippen LogP contribution in [0.2, 0.25) is 0 Å². The van der Waals surface area contributed by atoms with E-state index in [1.165, 1.54) is 25.0 Å². The van der Waals surface area contributed by atoms with Crippen LogP contribution in [0.4, 0.5) is 13.2 Å². The Kier molecular flexibility index (Phi) is 5.19. The van der Waals surface area contributed by atoms with E-state index in [0.29, 0.717) is 13.1 Å². The Labute approximate surface area is 110 Å². The van der Waals surface area contributed by atoms with Gasteiger partial charge in [0.25, 0.3) is 0 Å². The highest BCUT2D eigenvalue weighted by molar-refractivity contribution is 5.29. The Balaban J connectivity index is 3.10. The van der Waals surface area contributed by atoms with Crippen molar-refractivity contribution in [3.8, 4) is 5.75 Å². The third kappa shape index (κ3) is 3.84. The molecule has 0 aliphatic rings. The third-order valence-electron chi connectivity index (χ3n) is 2.71. The molecule has 1 aromatic rings. The molecule has 0 aliphatic carbocycles. The maximum absolute atomic E-state index is 13.0. The standard InChI is InChI=1S/C11H19F3N4O/c1-15-10(11(12,13)14)9-8(19-4)7-16-18(9)6-5-17(2)3/h7,10,15H,5-6H2,1-4H3. The zero-order valence-electron chi connectivity index (χ0n) is 11.5. The second kappa shape index (κ2) is 6.25. The summed E-state index contributed by atoms with van der Waals surface area (Å²) in [7, 11) is 6.29. The van der Waals surface area contributed by atoms with Gasteiger partial charge in [0, 0.05) is 6.54 Å². The summed E-state index contributed by atoms with van der Waals surface area (Å²) in [5.74, 6) is 0.135. The maximum atomic E-state index is 13.0. The molecule has 0 saturated heterocycles. The topological polar surface area (TPSA) is 42.3 Å². The lowest BCUT2D eigenvalue weighted by Gasteiger charge is -2.22. The lowest BCUT2D eigenvalue weighted by molar-refractivity contribution is -0.158. The van der Waals surface area contributed by atoms with Crippen LogP contribution in [0.15, 0.2) is 6.20 Å². The van der Waals surface area contributed by atoms with Gasteiger partial charge in [0.1, 0.15) is 11.7 Å². The number of aromatic nitrogens is 2. The van der Waals surface area contributed by atoms with Gasteiger partial charge in [-0.15, -0.1) is 0 Å². The molecule has 0 radical (unpaired) electrons. The molecule has 19 heavy (non-hydrogen) atoms. The van der Waals surface area contributed by atoms with Crippen LogP contribution in [0.3, 0.4) is 0 Å². The van der Waals surface area contributed by atoms with E-state index < -0.39 is 12.2 Å². The molecule has 8 heteroatoms. The average molecular weight is 280 g/mol. The number of hydrogen-bond donors (Lipinski definition) is 1. The summed E-state index contributed by atoms with van der Waals surface area (Å²) in [5.41, 5.74) is -0.000602. The molecular weight excluding hydrogens is 261 g/mol. The summed E-state index contributed by atoms with van der Waals surface area (Å²) < 4.78 is 45.3. The highest BCUT2D eigenvalue weighted by Gasteiger charge is 2.43. The molecule has 0 aromatic carbocycles. The van der Waals surface area contributed by atoms with Gasteiger partial charge < -0.3 is 15.0 Å². The predicted molar refractivity (Wildman–Crippen MR) is 65.2 cm³/mol. The molecule has 1 rings (SSSR count). The highest BCUT2D eigenvalue weighted by atomic mass is 19.4. The van der Waals surface area contributed by atoms with Crippen molar-refractivity contribution in [1.82, 2.24) is 20.0 Å². The van der Waals surface area contributed by atoms with Crippen LogP contribution in [0.25, 0.3) is 0 Å². The fourth-order valence-electron chi connectivity index (χ4n) is 1.75. The van der Waals surface area contributed by atoms with E-state index in [4.69, 9.17) is 4.74 Å². The van der Waals surface area contributed by atoms with Crippen molar-refractivity contribution in [2.24, 2.45) is 0 Å². The van der Waals surface area contributed by atoms with Crippen molar-refractivity contribution in [2.45, 2.75) is 18.8 Å². The first-order valence-corrected chi connectivity index (χ1v) is 5.79. The van der Waals surface area contributed by atoms with Crippen molar-refractivity contribution < 1.29 is 17.9 Å². The molecule has 5 nitrogen and oxygen atoms in total. The molecule has 1 atom stereocenters. The van der Waals surface area contributed by atoms with Crippen LogP contribution in [0.5, 0.6) is 5.75 Å². The number of ether oxygens (including phenoxy) is 1. The minimum absolute atomic E-state index is 0.000602. The number of alkyl halides is 3. The molecule has 1 aromatic heterocycles. The molecule has 1 heterocycles. The molecule has 0 amide bonds. The Bertz CT molecular complexity index is 403. The van der Waals surface area contributed by atoms with Gasteiger partial charge in [-0.25, -0.2) is 0 Å². The lowest BCUT2D eigenvalue weighted by Crippen LogP contribution is -2.34. The number of halogens is 3. The number of hydrogen-bond acceptors (Lipinski definition) is 4. The van der Waals surface area contributed by atoms with Gasteiger partial charge >= 0.3 is 6.18 Å². The van der Waals surface area contributed by atoms with Crippen LogP contribution in [-0.2, 0) is 6.54 Å². The SMILES string of the molecule is CNC(c1c(OC)cnn1CCN(C)C)C(F)(F)F. The first kappa shape index (κ1) is 15.8. The highest BCUT2D eigenvalue weighted by Crippen LogP contribution is 2.36. The van der Waals surface area contributed by atoms with Crippen LogP contribution < -0.4 is 10.1 Å². The van der Waals surface area contributed by atoms with E-state index in [-0.39, 0.29) is 11.4 Å². The van der Waals surface area contributed by atoms with Gasteiger partial charge in [0.05, 0.1) is 19.9 Å². The quantitative estimate of drug-likeness (QED) is 0.852. The number of nitrogens with zero attached hydrogens (tertiary/aromatic N) is 3. The molecule has 0 saturated carbocycles. The molecule has 0 bridgehead atoms. The largest absolute Gasteiger partial charge is 0.493 e. The van der Waals surface area contributed by atoms with Crippen LogP contribution >= 0.6 is 0 Å². The Morgan fingerprint density at radius 3 is 2.53 bits per heavy atom. The predicted octanol–water partition coefficient (Wildman–Crippen LogP) is 1.28. The normalized spacial score (nSPS) is 13.9. The first-order valence-electron chi connectivity index (χ1n) is 5.79. The summed E-state index contributed by atoms with van der Waals surface area (Å²) >= 11 is 0. The van der Waals surface area contributed by atoms with Crippen molar-refractivity contribution in [2.75, 3.05) is 34.8 Å². The monoisotopic (exact) mass is 280 g/mol. The van der Waals surface area contributed by atoms with Crippen molar-refractivity contribution in [1.29, 1.82) is 0 Å². The molecule has 110 valence electrons. The number of likely N-dealkylation sites (N-methyl/N-ethyl adjacent to an activating group) is 1. The van der Waals surface area contributed by atoms with E-state index in [0.717, 1.165) is 0 Å². The van der Waals surface area contributed by atoms with Crippen LogP contribution in [0, 0.1) is 0 Å². The third-order valence-corrected chi connectivity index (χ3v) is 2.71. The zero-order chi connectivity index (χ0) is 14.6. The Hall–Kier alpha value is -1.28. The summed E-state index contributed by atoms with van der Waals surface area (Å²) in [4.78, 5) is 1.87. The van der Waals surface area contributed by atoms with Crippen LogP contribution in [0.1, 0.15) is 11.7 Å². The van der Waals surface area contributed by atoms with Crippen molar-refractivity contribution in [3.05, 3.63) is 11.9 Å². The molecule has 0 fully saturated rings. The molecule has 1 N–H and O–H groups in total. The van der Waals surface area contributed by atoms with Gasteiger partial charge in [0.2, 0.25) is 0 Å². The molecular formula is C11H19F3N4O. The second-order valence-corrected chi connectivity index (χ2v) is 4.39. The van der Waals surface area contributed by atoms with Crippen molar-refractivity contribution >= 4 is 0 Å². The summed E-state index contributed by atoms with van der Waals surface area (Å²) in [6.45, 7) is 0.950. The summed E-state index contributed by atoms with van der Waals surface area (Å²) in [6.07, 6.45) is -3.10. The first-order chi connectivity index (χ1) is 8.81. The van der Waals surface area contributed by atoms with Gasteiger partial charge in [-0.1, -0.05) is 0 Å². The fourth-order valence-corrected chi connectivity index (χ4v) is 1.75. The van der Waals surface area contributed by atoms with Gasteiger partial charge in [0.15, 0.2) is 5.75 Å². The fraction of sp³-hybridized carbons (Fsp3) is 0.727. The Morgan fingerprint density at radius 1 is 1.47 bits per heavy atom. The van der Waals surface area contributed by atoms with Crippen molar-refractivity contribution in [3.63, 3.8) is 0 Å². The van der Waals surface area contributed by atoms with Gasteiger partial charge in [-0.2, -0.15) is 18.3 Å². The molecule has 0 spiro atoms. The average Bonchev–Trinajstić information content (AvgIpc) is 2.68. The van der Waals surface area contributed by atoms with Crippen LogP contribution in [-0.4, -0.2) is 55.7 Å². The van der Waals surface area contributed by atoms with E-state index in [1.807, 2.05) is 19.0 Å². The van der Waals surface area contributed by atoms with E-state index in [9.17, 15) is 13.2 Å². The lowest BCUT2D eigenvalue weighted by atomic mass is 10.2. The zero-order valence-corrected chi connectivity index (χ0v) is 11.5. The van der Waals surface area contributed by atoms with Gasteiger partial charge in [-0.05, 0) is 21.1 Å². The smallest absolute Gasteiger partial charge is 0.409 e. The van der Waals surface area contributed by atoms with Gasteiger partial charge in [-0.3, -0.25) is 4.68 Å². The number of nitrogens with one attached hydrogen (secondary N) is 1. The maximum Gasteiger partial charge on any atom is 0.409 e. The summed E-state index contributed by atoms with van der Waals surface area (Å²) in [5, 5.41) is 6.23. The van der Waals surface area contributed by atoms with E-state index in [2.05, 4.69) is 10.4 Å². The second-order valence-electron chi connectivity index (χ2n) is 4.39. The number of rotatable bonds is 6. The minimum Gasteiger partial charge on any atom is -0.493 e. The number of methoxy groups -OCH3 is 1. The molecule has 1 unspecified atom stereocenters. The summed E-state index contributed by atoms with van der Waals surface area (Å²) in [6, 6.07) is -1.80. The Morgan fingerprint density at radius 2 is 2.11 bits per heavy atom. The van der Waals surface area contributed by atoms with E-state index >= 15 is 0 Å². The van der Waals surface area contributed by atoms with E-state index in [1.54, 1.807) is 0 Å². The molecule has 0 aliphatic heterocycles. The minimum atomic E-state index is -4.40.